The van der Waals surface area contributed by atoms with E-state index in [9.17, 15) is 15.0 Å². The third-order valence-electron chi connectivity index (χ3n) is 8.39. The Balaban J connectivity index is 1.06. The Hall–Kier alpha value is -4.37. The summed E-state index contributed by atoms with van der Waals surface area (Å²) in [4.78, 5) is 33.7. The summed E-state index contributed by atoms with van der Waals surface area (Å²) < 4.78 is 7.51. The maximum Gasteiger partial charge on any atom is 0.323 e. The third kappa shape index (κ3) is 6.01. The molecular formula is C30H36N10O4. The van der Waals surface area contributed by atoms with E-state index in [1.54, 1.807) is 24.5 Å². The topological polar surface area (TPSA) is 157 Å². The highest BCUT2D eigenvalue weighted by molar-refractivity contribution is 5.99. The van der Waals surface area contributed by atoms with E-state index in [0.717, 1.165) is 74.7 Å². The van der Waals surface area contributed by atoms with Crippen molar-refractivity contribution in [2.75, 3.05) is 66.7 Å². The lowest BCUT2D eigenvalue weighted by Gasteiger charge is -2.33. The van der Waals surface area contributed by atoms with Crippen LogP contribution in [-0.4, -0.2) is 111 Å². The molecule has 3 aliphatic rings. The van der Waals surface area contributed by atoms with Crippen molar-refractivity contribution in [2.45, 2.75) is 37.9 Å². The molecule has 3 fully saturated rings. The number of aliphatic hydroxyl groups is 2. The number of nitrogens with one attached hydrogen (secondary N) is 2. The maximum absolute atomic E-state index is 12.7. The number of benzene rings is 1. The van der Waals surface area contributed by atoms with Crippen molar-refractivity contribution in [1.82, 2.24) is 29.6 Å². The number of morpholine rings is 1. The summed E-state index contributed by atoms with van der Waals surface area (Å²) in [7, 11) is 2.12. The lowest BCUT2D eigenvalue weighted by atomic mass is 10.2. The molecule has 14 heteroatoms. The van der Waals surface area contributed by atoms with Gasteiger partial charge in [-0.25, -0.2) is 24.4 Å². The molecule has 3 aromatic heterocycles. The van der Waals surface area contributed by atoms with Gasteiger partial charge in [-0.05, 0) is 56.3 Å². The van der Waals surface area contributed by atoms with Gasteiger partial charge in [0.05, 0.1) is 42.2 Å². The first-order valence-electron chi connectivity index (χ1n) is 15.0. The molecule has 6 heterocycles. The maximum atomic E-state index is 12.7. The molecule has 2 unspecified atom stereocenters. The Morgan fingerprint density at radius 3 is 2.32 bits per heavy atom. The van der Waals surface area contributed by atoms with Gasteiger partial charge in [-0.2, -0.15) is 5.10 Å². The van der Waals surface area contributed by atoms with Gasteiger partial charge in [0.15, 0.2) is 17.8 Å². The molecular weight excluding hydrogens is 564 g/mol. The second-order valence-electron chi connectivity index (χ2n) is 11.6. The fourth-order valence-electron chi connectivity index (χ4n) is 6.07. The molecule has 44 heavy (non-hydrogen) atoms. The van der Waals surface area contributed by atoms with Gasteiger partial charge in [0, 0.05) is 50.5 Å². The van der Waals surface area contributed by atoms with Crippen LogP contribution in [0.2, 0.25) is 0 Å². The van der Waals surface area contributed by atoms with Gasteiger partial charge in [-0.1, -0.05) is 0 Å². The number of aromatic nitrogens is 5. The molecule has 1 aromatic carbocycles. The van der Waals surface area contributed by atoms with Crippen molar-refractivity contribution in [3.63, 3.8) is 0 Å². The minimum atomic E-state index is -1.57. The molecule has 3 aliphatic heterocycles. The average Bonchev–Trinajstić information content (AvgIpc) is 3.58. The van der Waals surface area contributed by atoms with E-state index in [1.807, 2.05) is 24.3 Å². The van der Waals surface area contributed by atoms with Crippen LogP contribution < -0.4 is 20.4 Å². The molecule has 2 atom stereocenters. The number of likely N-dealkylation sites (N-methyl/N-ethyl adjacent to an activating group) is 1. The zero-order valence-corrected chi connectivity index (χ0v) is 24.5. The summed E-state index contributed by atoms with van der Waals surface area (Å²) in [5, 5.41) is 30.0. The quantitative estimate of drug-likeness (QED) is 0.230. The fourth-order valence-corrected chi connectivity index (χ4v) is 6.07. The number of carbonyl (C=O) groups excluding carboxylic acids is 1. The SMILES string of the molecule is CN1CCN(c2ccc(NC(=O)Nc3ccc(-c4nc(N5CC6CCC(C5)O6)c5cnn(CC(O)O)c5n4)cc3)cn2)CC1. The predicted octanol–water partition coefficient (Wildman–Crippen LogP) is 1.96. The molecule has 2 amide bonds. The van der Waals surface area contributed by atoms with Crippen LogP contribution in [0.4, 0.5) is 27.8 Å². The first-order chi connectivity index (χ1) is 21.4. The number of carbonyl (C=O) groups is 1. The molecule has 3 saturated heterocycles. The number of anilines is 4. The molecule has 0 spiro atoms. The minimum Gasteiger partial charge on any atom is -0.371 e. The van der Waals surface area contributed by atoms with E-state index < -0.39 is 6.29 Å². The van der Waals surface area contributed by atoms with E-state index in [0.29, 0.717) is 22.8 Å². The van der Waals surface area contributed by atoms with Crippen molar-refractivity contribution < 1.29 is 19.7 Å². The van der Waals surface area contributed by atoms with Crippen molar-refractivity contribution in [3.05, 3.63) is 48.8 Å². The standard InChI is InChI=1S/C30H36N10O4/c1-37-10-12-38(13-11-37)25-9-6-21(14-31-25)34-30(43)33-20-4-2-19(3-5-20)27-35-28(39-16-22-7-8-23(17-39)44-22)24-15-32-40(18-26(41)42)29(24)36-27/h2-6,9,14-15,22-23,26,41-42H,7-8,10-13,16-18H2,1H3,(H2,33,34,43). The Kier molecular flexibility index (Phi) is 7.72. The number of ether oxygens (including phenoxy) is 1. The highest BCUT2D eigenvalue weighted by Crippen LogP contribution is 2.34. The number of hydrogen-bond acceptors (Lipinski definition) is 11. The molecule has 7 rings (SSSR count). The molecule has 14 nitrogen and oxygen atoms in total. The third-order valence-corrected chi connectivity index (χ3v) is 8.39. The van der Waals surface area contributed by atoms with E-state index in [4.69, 9.17) is 14.7 Å². The van der Waals surface area contributed by atoms with Crippen LogP contribution in [0, 0.1) is 0 Å². The zero-order valence-electron chi connectivity index (χ0n) is 24.5. The monoisotopic (exact) mass is 600 g/mol. The summed E-state index contributed by atoms with van der Waals surface area (Å²) in [5.74, 6) is 2.13. The van der Waals surface area contributed by atoms with Gasteiger partial charge in [-0.15, -0.1) is 0 Å². The van der Waals surface area contributed by atoms with E-state index in [-0.39, 0.29) is 24.8 Å². The lowest BCUT2D eigenvalue weighted by Crippen LogP contribution is -2.44. The molecule has 4 N–H and O–H groups in total. The summed E-state index contributed by atoms with van der Waals surface area (Å²) in [6, 6.07) is 10.7. The molecule has 2 bridgehead atoms. The number of fused-ring (bicyclic) bond motifs is 3. The van der Waals surface area contributed by atoms with Crippen LogP contribution in [-0.2, 0) is 11.3 Å². The molecule has 0 aliphatic carbocycles. The molecule has 0 saturated carbocycles. The Morgan fingerprint density at radius 1 is 0.932 bits per heavy atom. The summed E-state index contributed by atoms with van der Waals surface area (Å²) >= 11 is 0. The number of amides is 2. The number of piperazine rings is 1. The van der Waals surface area contributed by atoms with Crippen molar-refractivity contribution in [3.8, 4) is 11.4 Å². The van der Waals surface area contributed by atoms with Crippen LogP contribution in [0.25, 0.3) is 22.4 Å². The summed E-state index contributed by atoms with van der Waals surface area (Å²) in [6.45, 7) is 5.19. The first kappa shape index (κ1) is 28.4. The number of hydrogen-bond donors (Lipinski definition) is 4. The average molecular weight is 601 g/mol. The first-order valence-corrected chi connectivity index (χ1v) is 15.0. The number of aliphatic hydroxyl groups excluding tert-OH is 1. The Morgan fingerprint density at radius 2 is 1.64 bits per heavy atom. The van der Waals surface area contributed by atoms with Crippen LogP contribution in [0.1, 0.15) is 12.8 Å². The summed E-state index contributed by atoms with van der Waals surface area (Å²) in [6.07, 6.45) is 4.16. The smallest absolute Gasteiger partial charge is 0.323 e. The number of pyridine rings is 1. The summed E-state index contributed by atoms with van der Waals surface area (Å²) in [5.41, 5.74) is 2.47. The minimum absolute atomic E-state index is 0.111. The Bertz CT molecular complexity index is 1610. The van der Waals surface area contributed by atoms with Gasteiger partial charge in [0.1, 0.15) is 11.6 Å². The lowest BCUT2D eigenvalue weighted by molar-refractivity contribution is -0.0527. The number of nitrogens with zero attached hydrogens (tertiary/aromatic N) is 8. The van der Waals surface area contributed by atoms with Crippen molar-refractivity contribution in [1.29, 1.82) is 0 Å². The second-order valence-corrected chi connectivity index (χ2v) is 11.6. The van der Waals surface area contributed by atoms with Crippen molar-refractivity contribution >= 4 is 40.1 Å². The van der Waals surface area contributed by atoms with E-state index >= 15 is 0 Å². The van der Waals surface area contributed by atoms with Crippen LogP contribution in [0.5, 0.6) is 0 Å². The van der Waals surface area contributed by atoms with Gasteiger partial charge in [0.2, 0.25) is 0 Å². The van der Waals surface area contributed by atoms with Gasteiger partial charge in [-0.3, -0.25) is 0 Å². The van der Waals surface area contributed by atoms with E-state index in [2.05, 4.69) is 42.5 Å². The number of urea groups is 1. The Labute approximate surface area is 254 Å². The molecule has 4 aromatic rings. The van der Waals surface area contributed by atoms with Crippen molar-refractivity contribution in [2.24, 2.45) is 0 Å². The van der Waals surface area contributed by atoms with E-state index in [1.165, 1.54) is 4.68 Å². The van der Waals surface area contributed by atoms with Gasteiger partial charge in [0.25, 0.3) is 0 Å². The predicted molar refractivity (Wildman–Crippen MR) is 166 cm³/mol. The van der Waals surface area contributed by atoms with Crippen LogP contribution >= 0.6 is 0 Å². The largest absolute Gasteiger partial charge is 0.371 e. The van der Waals surface area contributed by atoms with Gasteiger partial charge < -0.3 is 40.3 Å². The van der Waals surface area contributed by atoms with Crippen LogP contribution in [0.15, 0.2) is 48.8 Å². The molecule has 0 radical (unpaired) electrons. The number of rotatable bonds is 7. The second kappa shape index (κ2) is 12.0. The van der Waals surface area contributed by atoms with Crippen LogP contribution in [0.3, 0.4) is 0 Å². The highest BCUT2D eigenvalue weighted by Gasteiger charge is 2.35. The fraction of sp³-hybridized carbons (Fsp3) is 0.433. The normalized spacial score (nSPS) is 20.5. The zero-order chi connectivity index (χ0) is 30.2. The highest BCUT2D eigenvalue weighted by atomic mass is 16.5. The van der Waals surface area contributed by atoms with Gasteiger partial charge >= 0.3 is 6.03 Å². The molecule has 230 valence electrons.